The first-order valence-corrected chi connectivity index (χ1v) is 12.8. The molecule has 2 heterocycles. The lowest BCUT2D eigenvalue weighted by Crippen LogP contribution is -2.12. The van der Waals surface area contributed by atoms with E-state index in [-0.39, 0.29) is 22.7 Å². The normalized spacial score (nSPS) is 11.4. The fourth-order valence-corrected chi connectivity index (χ4v) is 3.95. The Morgan fingerprint density at radius 1 is 0.763 bits per heavy atom. The molecular formula is C25H22N10O2S. The van der Waals surface area contributed by atoms with Gasteiger partial charge < -0.3 is 10.6 Å². The number of nitrogens with zero attached hydrogens (tertiary/aromatic N) is 5. The highest BCUT2D eigenvalue weighted by Crippen LogP contribution is 2.21. The molecule has 13 heteroatoms. The van der Waals surface area contributed by atoms with Crippen molar-refractivity contribution >= 4 is 45.5 Å². The van der Waals surface area contributed by atoms with Crippen LogP contribution in [0.25, 0.3) is 11.3 Å². The van der Waals surface area contributed by atoms with Crippen LogP contribution in [0, 0.1) is 0 Å². The van der Waals surface area contributed by atoms with Crippen molar-refractivity contribution < 1.29 is 8.42 Å². The predicted octanol–water partition coefficient (Wildman–Crippen LogP) is 3.84. The second kappa shape index (κ2) is 10.9. The Balaban J connectivity index is 1.39. The number of hydrazone groups is 1. The van der Waals surface area contributed by atoms with Crippen molar-refractivity contribution in [2.24, 2.45) is 10.2 Å². The molecule has 0 aliphatic carbocycles. The molecule has 6 N–H and O–H groups in total. The van der Waals surface area contributed by atoms with E-state index in [2.05, 4.69) is 46.3 Å². The van der Waals surface area contributed by atoms with Crippen LogP contribution in [-0.4, -0.2) is 39.8 Å². The van der Waals surface area contributed by atoms with E-state index < -0.39 is 10.0 Å². The zero-order valence-electron chi connectivity index (χ0n) is 19.8. The lowest BCUT2D eigenvalue weighted by Gasteiger charge is -2.10. The monoisotopic (exact) mass is 526 g/mol. The molecule has 2 aromatic heterocycles. The number of para-hydroxylation sites is 1. The van der Waals surface area contributed by atoms with E-state index >= 15 is 0 Å². The first-order chi connectivity index (χ1) is 18.4. The fraction of sp³-hybridized carbons (Fsp3) is 0. The Labute approximate surface area is 218 Å². The second-order valence-corrected chi connectivity index (χ2v) is 9.49. The molecule has 5 rings (SSSR count). The summed E-state index contributed by atoms with van der Waals surface area (Å²) >= 11 is 0. The van der Waals surface area contributed by atoms with Crippen LogP contribution in [0.2, 0.25) is 0 Å². The average molecular weight is 527 g/mol. The summed E-state index contributed by atoms with van der Waals surface area (Å²) in [5.41, 5.74) is 6.73. The van der Waals surface area contributed by atoms with Crippen LogP contribution in [0.1, 0.15) is 5.56 Å². The second-order valence-electron chi connectivity index (χ2n) is 7.93. The van der Waals surface area contributed by atoms with Gasteiger partial charge in [0.1, 0.15) is 0 Å². The van der Waals surface area contributed by atoms with E-state index in [0.29, 0.717) is 5.69 Å². The van der Waals surface area contributed by atoms with Crippen LogP contribution in [0.5, 0.6) is 0 Å². The summed E-state index contributed by atoms with van der Waals surface area (Å²) < 4.78 is 23.1. The van der Waals surface area contributed by atoms with Gasteiger partial charge in [-0.25, -0.2) is 19.0 Å². The van der Waals surface area contributed by atoms with Gasteiger partial charge in [-0.05, 0) is 36.4 Å². The van der Waals surface area contributed by atoms with Gasteiger partial charge in [0.2, 0.25) is 27.9 Å². The molecule has 0 saturated carbocycles. The summed E-state index contributed by atoms with van der Waals surface area (Å²) in [6, 6.07) is 25.1. The van der Waals surface area contributed by atoms with Crippen molar-refractivity contribution in [1.82, 2.24) is 25.1 Å². The minimum Gasteiger partial charge on any atom is -0.324 e. The highest BCUT2D eigenvalue weighted by molar-refractivity contribution is 7.89. The summed E-state index contributed by atoms with van der Waals surface area (Å²) in [5, 5.41) is 22.7. The minimum absolute atomic E-state index is 0.00376. The molecule has 0 fully saturated rings. The SMILES string of the molecule is NS(=O)(=O)c1ccc(Nc2nc(N/N=C/c3cn[nH]c3-c3ccccc3)nc(Nc3ccccc3)n2)cc1. The third kappa shape index (κ3) is 6.16. The lowest BCUT2D eigenvalue weighted by atomic mass is 10.1. The smallest absolute Gasteiger partial charge is 0.250 e. The molecule has 0 bridgehead atoms. The molecule has 3 aromatic carbocycles. The minimum atomic E-state index is -3.80. The van der Waals surface area contributed by atoms with E-state index in [1.165, 1.54) is 12.1 Å². The van der Waals surface area contributed by atoms with Crippen molar-refractivity contribution in [2.75, 3.05) is 16.1 Å². The topological polar surface area (TPSA) is 176 Å². The quantitative estimate of drug-likeness (QED) is 0.141. The summed E-state index contributed by atoms with van der Waals surface area (Å²) in [6.45, 7) is 0. The van der Waals surface area contributed by atoms with E-state index in [9.17, 15) is 8.42 Å². The number of hydrogen-bond acceptors (Lipinski definition) is 10. The van der Waals surface area contributed by atoms with Crippen LogP contribution in [0.15, 0.2) is 101 Å². The Hall–Kier alpha value is -5.14. The maximum atomic E-state index is 11.5. The molecule has 0 aliphatic rings. The Morgan fingerprint density at radius 3 is 1.97 bits per heavy atom. The van der Waals surface area contributed by atoms with Gasteiger partial charge in [0.05, 0.1) is 23.0 Å². The lowest BCUT2D eigenvalue weighted by molar-refractivity contribution is 0.598. The number of sulfonamides is 1. The molecule has 0 spiro atoms. The van der Waals surface area contributed by atoms with Crippen LogP contribution < -0.4 is 21.2 Å². The molecule has 0 aliphatic heterocycles. The molecular weight excluding hydrogens is 504 g/mol. The first-order valence-electron chi connectivity index (χ1n) is 11.3. The number of benzene rings is 3. The van der Waals surface area contributed by atoms with Gasteiger partial charge in [-0.2, -0.15) is 25.2 Å². The van der Waals surface area contributed by atoms with Gasteiger partial charge in [-0.15, -0.1) is 0 Å². The highest BCUT2D eigenvalue weighted by atomic mass is 32.2. The first kappa shape index (κ1) is 24.5. The summed E-state index contributed by atoms with van der Waals surface area (Å²) in [5.74, 6) is 0.636. The largest absolute Gasteiger partial charge is 0.324 e. The maximum Gasteiger partial charge on any atom is 0.250 e. The van der Waals surface area contributed by atoms with E-state index in [4.69, 9.17) is 5.14 Å². The van der Waals surface area contributed by atoms with E-state index in [1.807, 2.05) is 60.7 Å². The van der Waals surface area contributed by atoms with Crippen molar-refractivity contribution in [3.05, 3.63) is 96.7 Å². The molecule has 0 radical (unpaired) electrons. The number of rotatable bonds is 9. The average Bonchev–Trinajstić information content (AvgIpc) is 3.38. The number of primary sulfonamides is 1. The summed E-state index contributed by atoms with van der Waals surface area (Å²) in [6.07, 6.45) is 3.28. The van der Waals surface area contributed by atoms with Crippen LogP contribution in [-0.2, 0) is 10.0 Å². The fourth-order valence-electron chi connectivity index (χ4n) is 3.43. The molecule has 0 unspecified atom stereocenters. The standard InChI is InChI=1S/C25H22N10O2S/c26-38(36,37)21-13-11-20(12-14-21)30-24-31-23(29-19-9-5-2-6-10-19)32-25(33-24)35-28-16-18-15-27-34-22(18)17-7-3-1-4-8-17/h1-16H,(H,27,34)(H2,26,36,37)(H3,29,30,31,32,33,35)/b28-16+. The third-order valence-electron chi connectivity index (χ3n) is 5.20. The van der Waals surface area contributed by atoms with Gasteiger partial charge >= 0.3 is 0 Å². The van der Waals surface area contributed by atoms with Crippen LogP contribution in [0.3, 0.4) is 0 Å². The zero-order chi connectivity index (χ0) is 26.4. The highest BCUT2D eigenvalue weighted by Gasteiger charge is 2.10. The van der Waals surface area contributed by atoms with Crippen molar-refractivity contribution in [3.8, 4) is 11.3 Å². The Morgan fingerprint density at radius 2 is 1.34 bits per heavy atom. The Kier molecular flexibility index (Phi) is 7.02. The van der Waals surface area contributed by atoms with Crippen LogP contribution in [0.4, 0.5) is 29.2 Å². The van der Waals surface area contributed by atoms with Crippen LogP contribution >= 0.6 is 0 Å². The van der Waals surface area contributed by atoms with Gasteiger partial charge in [0.15, 0.2) is 0 Å². The predicted molar refractivity (Wildman–Crippen MR) is 146 cm³/mol. The number of aromatic nitrogens is 5. The number of anilines is 5. The zero-order valence-corrected chi connectivity index (χ0v) is 20.6. The van der Waals surface area contributed by atoms with Crippen molar-refractivity contribution in [3.63, 3.8) is 0 Å². The number of aromatic amines is 1. The Bertz CT molecular complexity index is 1660. The number of nitrogens with one attached hydrogen (secondary N) is 4. The van der Waals surface area contributed by atoms with E-state index in [1.54, 1.807) is 24.5 Å². The summed E-state index contributed by atoms with van der Waals surface area (Å²) in [4.78, 5) is 13.2. The number of hydrogen-bond donors (Lipinski definition) is 5. The van der Waals surface area contributed by atoms with Gasteiger partial charge in [0.25, 0.3) is 0 Å². The maximum absolute atomic E-state index is 11.5. The summed E-state index contributed by atoms with van der Waals surface area (Å²) in [7, 11) is -3.80. The molecule has 190 valence electrons. The third-order valence-corrected chi connectivity index (χ3v) is 6.13. The molecule has 38 heavy (non-hydrogen) atoms. The molecule has 12 nitrogen and oxygen atoms in total. The van der Waals surface area contributed by atoms with Gasteiger partial charge in [-0.1, -0.05) is 48.5 Å². The molecule has 0 saturated heterocycles. The number of H-pyrrole nitrogens is 1. The number of nitrogens with two attached hydrogens (primary N) is 1. The molecule has 0 atom stereocenters. The van der Waals surface area contributed by atoms with Crippen molar-refractivity contribution in [1.29, 1.82) is 0 Å². The molecule has 5 aromatic rings. The van der Waals surface area contributed by atoms with Crippen molar-refractivity contribution in [2.45, 2.75) is 4.90 Å². The van der Waals surface area contributed by atoms with Gasteiger partial charge in [-0.3, -0.25) is 5.10 Å². The molecule has 0 amide bonds. The van der Waals surface area contributed by atoms with Gasteiger partial charge in [0, 0.05) is 22.5 Å². The van der Waals surface area contributed by atoms with E-state index in [0.717, 1.165) is 22.5 Å².